The minimum atomic E-state index is 0.168. The Morgan fingerprint density at radius 1 is 1.27 bits per heavy atom. The molecule has 2 N–H and O–H groups in total. The fourth-order valence-corrected chi connectivity index (χ4v) is 1.27. The highest BCUT2D eigenvalue weighted by molar-refractivity contribution is 5.78. The van der Waals surface area contributed by atoms with Crippen LogP contribution < -0.4 is 5.73 Å². The maximum absolute atomic E-state index is 10.5. The minimum absolute atomic E-state index is 0.168. The maximum atomic E-state index is 10.5. The van der Waals surface area contributed by atoms with Crippen molar-refractivity contribution in [1.82, 2.24) is 15.0 Å². The van der Waals surface area contributed by atoms with Gasteiger partial charge in [-0.1, -0.05) is 30.3 Å². The van der Waals surface area contributed by atoms with Crippen LogP contribution in [0.25, 0.3) is 0 Å². The van der Waals surface area contributed by atoms with Gasteiger partial charge in [0, 0.05) is 0 Å². The van der Waals surface area contributed by atoms with Gasteiger partial charge in [0.05, 0.1) is 6.54 Å². The lowest BCUT2D eigenvalue weighted by Gasteiger charge is -1.98. The summed E-state index contributed by atoms with van der Waals surface area (Å²) in [6, 6.07) is 9.72. The van der Waals surface area contributed by atoms with Gasteiger partial charge in [0.2, 0.25) is 0 Å². The van der Waals surface area contributed by atoms with Gasteiger partial charge in [-0.2, -0.15) is 4.80 Å². The van der Waals surface area contributed by atoms with Crippen LogP contribution in [-0.4, -0.2) is 21.3 Å². The third-order valence-electron chi connectivity index (χ3n) is 1.99. The molecule has 0 saturated heterocycles. The smallest absolute Gasteiger partial charge is 0.176 e. The maximum Gasteiger partial charge on any atom is 0.176 e. The van der Waals surface area contributed by atoms with Crippen molar-refractivity contribution in [2.24, 2.45) is 0 Å². The monoisotopic (exact) mass is 202 g/mol. The predicted molar refractivity (Wildman–Crippen MR) is 55.4 cm³/mol. The molecule has 0 radical (unpaired) electrons. The molecule has 5 nitrogen and oxygen atoms in total. The molecular weight excluding hydrogens is 192 g/mol. The second kappa shape index (κ2) is 3.91. The van der Waals surface area contributed by atoms with E-state index in [1.54, 1.807) is 0 Å². The molecule has 1 heterocycles. The summed E-state index contributed by atoms with van der Waals surface area (Å²) < 4.78 is 0. The molecule has 76 valence electrons. The number of benzene rings is 1. The first-order chi connectivity index (χ1) is 7.29. The van der Waals surface area contributed by atoms with Crippen molar-refractivity contribution < 1.29 is 4.79 Å². The number of aldehydes is 1. The van der Waals surface area contributed by atoms with E-state index in [9.17, 15) is 4.79 Å². The molecule has 0 atom stereocenters. The minimum Gasteiger partial charge on any atom is -0.380 e. The lowest BCUT2D eigenvalue weighted by atomic mass is 10.2. The summed E-state index contributed by atoms with van der Waals surface area (Å²) in [5.74, 6) is 0.168. The van der Waals surface area contributed by atoms with E-state index in [0.29, 0.717) is 12.8 Å². The highest BCUT2D eigenvalue weighted by Gasteiger charge is 2.06. The van der Waals surface area contributed by atoms with E-state index in [2.05, 4.69) is 10.2 Å². The van der Waals surface area contributed by atoms with E-state index in [4.69, 9.17) is 5.73 Å². The number of nitrogens with two attached hydrogens (primary N) is 1. The molecule has 2 aromatic rings. The fourth-order valence-electron chi connectivity index (χ4n) is 1.27. The second-order valence-electron chi connectivity index (χ2n) is 3.10. The van der Waals surface area contributed by atoms with Crippen LogP contribution in [0, 0.1) is 0 Å². The number of anilines is 1. The highest BCUT2D eigenvalue weighted by Crippen LogP contribution is 2.04. The molecule has 0 aliphatic heterocycles. The van der Waals surface area contributed by atoms with Crippen LogP contribution in [0.1, 0.15) is 16.1 Å². The molecule has 0 unspecified atom stereocenters. The van der Waals surface area contributed by atoms with Crippen LogP contribution in [0.2, 0.25) is 0 Å². The number of hydrogen-bond acceptors (Lipinski definition) is 4. The second-order valence-corrected chi connectivity index (χ2v) is 3.10. The van der Waals surface area contributed by atoms with Crippen molar-refractivity contribution in [1.29, 1.82) is 0 Å². The number of aromatic nitrogens is 3. The van der Waals surface area contributed by atoms with Crippen molar-refractivity contribution >= 4 is 12.1 Å². The first-order valence-corrected chi connectivity index (χ1v) is 4.49. The summed E-state index contributed by atoms with van der Waals surface area (Å²) in [7, 11) is 0. The Morgan fingerprint density at radius 2 is 2.00 bits per heavy atom. The molecule has 15 heavy (non-hydrogen) atoms. The number of carbonyl (C=O) groups excluding carboxylic acids is 1. The van der Waals surface area contributed by atoms with Gasteiger partial charge in [-0.15, -0.1) is 10.2 Å². The summed E-state index contributed by atoms with van der Waals surface area (Å²) in [5, 5.41) is 7.86. The van der Waals surface area contributed by atoms with Gasteiger partial charge >= 0.3 is 0 Å². The Labute approximate surface area is 86.5 Å². The van der Waals surface area contributed by atoms with Crippen molar-refractivity contribution in [2.45, 2.75) is 6.54 Å². The summed E-state index contributed by atoms with van der Waals surface area (Å²) in [6.45, 7) is 0.513. The lowest BCUT2D eigenvalue weighted by molar-refractivity contribution is 0.111. The quantitative estimate of drug-likeness (QED) is 0.744. The van der Waals surface area contributed by atoms with E-state index in [1.807, 2.05) is 30.3 Å². The molecule has 1 aromatic carbocycles. The van der Waals surface area contributed by atoms with Crippen LogP contribution in [0.4, 0.5) is 5.82 Å². The third-order valence-corrected chi connectivity index (χ3v) is 1.99. The fraction of sp³-hybridized carbons (Fsp3) is 0.100. The van der Waals surface area contributed by atoms with Crippen LogP contribution in [0.5, 0.6) is 0 Å². The predicted octanol–water partition coefficient (Wildman–Crippen LogP) is 0.721. The number of rotatable bonds is 3. The number of hydrogen-bond donors (Lipinski definition) is 1. The Kier molecular flexibility index (Phi) is 2.45. The van der Waals surface area contributed by atoms with Gasteiger partial charge in [-0.25, -0.2) is 0 Å². The average molecular weight is 202 g/mol. The Morgan fingerprint density at radius 3 is 2.60 bits per heavy atom. The van der Waals surface area contributed by atoms with Crippen LogP contribution in [0.15, 0.2) is 30.3 Å². The van der Waals surface area contributed by atoms with Crippen molar-refractivity contribution in [3.05, 3.63) is 41.6 Å². The third kappa shape index (κ3) is 2.01. The Balaban J connectivity index is 2.21. The first kappa shape index (κ1) is 9.39. The molecular formula is C10H10N4O. The topological polar surface area (TPSA) is 73.8 Å². The molecule has 0 aliphatic carbocycles. The largest absolute Gasteiger partial charge is 0.380 e. The average Bonchev–Trinajstić information content (AvgIpc) is 2.60. The zero-order valence-electron chi connectivity index (χ0n) is 8.00. The standard InChI is InChI=1S/C10H10N4O/c11-10-9(7-15)12-14(13-10)6-8-4-2-1-3-5-8/h1-5,7H,6H2,(H2,11,13). The zero-order valence-corrected chi connectivity index (χ0v) is 8.00. The van der Waals surface area contributed by atoms with E-state index < -0.39 is 0 Å². The SMILES string of the molecule is Nc1nn(Cc2ccccc2)nc1C=O. The summed E-state index contributed by atoms with van der Waals surface area (Å²) in [4.78, 5) is 11.9. The summed E-state index contributed by atoms with van der Waals surface area (Å²) in [6.07, 6.45) is 0.601. The van der Waals surface area contributed by atoms with Gasteiger partial charge in [0.1, 0.15) is 0 Å². The first-order valence-electron chi connectivity index (χ1n) is 4.49. The molecule has 0 aliphatic rings. The number of nitrogens with zero attached hydrogens (tertiary/aromatic N) is 3. The molecule has 0 bridgehead atoms. The molecule has 0 saturated carbocycles. The molecule has 0 fully saturated rings. The number of nitrogen functional groups attached to an aromatic ring is 1. The van der Waals surface area contributed by atoms with E-state index in [0.717, 1.165) is 5.56 Å². The summed E-state index contributed by atoms with van der Waals surface area (Å²) in [5.41, 5.74) is 6.73. The zero-order chi connectivity index (χ0) is 10.7. The Bertz CT molecular complexity index is 464. The normalized spacial score (nSPS) is 10.1. The molecule has 0 amide bonds. The van der Waals surface area contributed by atoms with Crippen LogP contribution >= 0.6 is 0 Å². The van der Waals surface area contributed by atoms with Crippen molar-refractivity contribution in [3.63, 3.8) is 0 Å². The van der Waals surface area contributed by atoms with Crippen molar-refractivity contribution in [3.8, 4) is 0 Å². The molecule has 0 spiro atoms. The molecule has 5 heteroatoms. The van der Waals surface area contributed by atoms with Crippen LogP contribution in [-0.2, 0) is 6.54 Å². The number of carbonyl (C=O) groups is 1. The van der Waals surface area contributed by atoms with Crippen molar-refractivity contribution in [2.75, 3.05) is 5.73 Å². The van der Waals surface area contributed by atoms with Gasteiger partial charge in [-0.05, 0) is 5.56 Å². The van der Waals surface area contributed by atoms with Gasteiger partial charge in [0.25, 0.3) is 0 Å². The highest BCUT2D eigenvalue weighted by atomic mass is 16.1. The van der Waals surface area contributed by atoms with Gasteiger partial charge in [-0.3, -0.25) is 4.79 Å². The van der Waals surface area contributed by atoms with Gasteiger partial charge < -0.3 is 5.73 Å². The summed E-state index contributed by atoms with van der Waals surface area (Å²) >= 11 is 0. The molecule has 1 aromatic heterocycles. The van der Waals surface area contributed by atoms with Gasteiger partial charge in [0.15, 0.2) is 17.8 Å². The van der Waals surface area contributed by atoms with Crippen LogP contribution in [0.3, 0.4) is 0 Å². The van der Waals surface area contributed by atoms with E-state index in [-0.39, 0.29) is 11.5 Å². The Hall–Kier alpha value is -2.17. The lowest BCUT2D eigenvalue weighted by Crippen LogP contribution is -2.04. The van der Waals surface area contributed by atoms with E-state index >= 15 is 0 Å². The molecule has 2 rings (SSSR count). The van der Waals surface area contributed by atoms with E-state index in [1.165, 1.54) is 4.80 Å².